The fourth-order valence-corrected chi connectivity index (χ4v) is 3.39. The standard InChI is InChI=1S/C20H18N2O4S/c1-26-15-9-7-13(8-10-15)16(11-18(23)24)21-19(25)17-12-27-20(22-17)14-5-3-2-4-6-14/h2-10,12,16H,11H2,1H3,(H,21,25)(H,23,24). The van der Waals surface area contributed by atoms with Gasteiger partial charge in [-0.15, -0.1) is 11.3 Å². The summed E-state index contributed by atoms with van der Waals surface area (Å²) in [5.74, 6) is -0.749. The molecule has 7 heteroatoms. The van der Waals surface area contributed by atoms with Crippen molar-refractivity contribution in [3.8, 4) is 16.3 Å². The van der Waals surface area contributed by atoms with E-state index in [1.54, 1.807) is 36.8 Å². The van der Waals surface area contributed by atoms with Crippen LogP contribution in [0.15, 0.2) is 60.0 Å². The van der Waals surface area contributed by atoms with Gasteiger partial charge in [0.15, 0.2) is 0 Å². The zero-order valence-electron chi connectivity index (χ0n) is 14.6. The number of carboxylic acids is 1. The van der Waals surface area contributed by atoms with Crippen LogP contribution < -0.4 is 10.1 Å². The van der Waals surface area contributed by atoms with Crippen LogP contribution in [0.2, 0.25) is 0 Å². The van der Waals surface area contributed by atoms with Crippen molar-refractivity contribution < 1.29 is 19.4 Å². The number of carbonyl (C=O) groups excluding carboxylic acids is 1. The Bertz CT molecular complexity index is 923. The normalized spacial score (nSPS) is 11.6. The van der Waals surface area contributed by atoms with E-state index in [0.717, 1.165) is 10.6 Å². The molecule has 1 heterocycles. The quantitative estimate of drug-likeness (QED) is 0.649. The summed E-state index contributed by atoms with van der Waals surface area (Å²) in [5.41, 5.74) is 1.88. The third-order valence-electron chi connectivity index (χ3n) is 3.96. The molecule has 0 aliphatic heterocycles. The maximum absolute atomic E-state index is 12.6. The van der Waals surface area contributed by atoms with Crippen molar-refractivity contribution >= 4 is 23.2 Å². The molecular weight excluding hydrogens is 364 g/mol. The molecule has 0 aliphatic rings. The van der Waals surface area contributed by atoms with Gasteiger partial charge in [-0.2, -0.15) is 0 Å². The van der Waals surface area contributed by atoms with Crippen LogP contribution in [0, 0.1) is 0 Å². The van der Waals surface area contributed by atoms with Crippen LogP contribution in [-0.4, -0.2) is 29.1 Å². The van der Waals surface area contributed by atoms with E-state index >= 15 is 0 Å². The molecule has 6 nitrogen and oxygen atoms in total. The van der Waals surface area contributed by atoms with Gasteiger partial charge in [-0.1, -0.05) is 42.5 Å². The molecule has 3 aromatic rings. The molecular formula is C20H18N2O4S. The van der Waals surface area contributed by atoms with Crippen molar-refractivity contribution in [3.63, 3.8) is 0 Å². The van der Waals surface area contributed by atoms with E-state index in [0.29, 0.717) is 11.3 Å². The molecule has 2 N–H and O–H groups in total. The molecule has 0 radical (unpaired) electrons. The number of methoxy groups -OCH3 is 1. The maximum Gasteiger partial charge on any atom is 0.305 e. The Hall–Kier alpha value is -3.19. The van der Waals surface area contributed by atoms with E-state index in [1.807, 2.05) is 30.3 Å². The van der Waals surface area contributed by atoms with Gasteiger partial charge in [0.05, 0.1) is 19.6 Å². The lowest BCUT2D eigenvalue weighted by Crippen LogP contribution is -2.30. The van der Waals surface area contributed by atoms with E-state index in [4.69, 9.17) is 4.74 Å². The number of hydrogen-bond donors (Lipinski definition) is 2. The average molecular weight is 382 g/mol. The summed E-state index contributed by atoms with van der Waals surface area (Å²) in [6.45, 7) is 0. The molecule has 27 heavy (non-hydrogen) atoms. The lowest BCUT2D eigenvalue weighted by molar-refractivity contribution is -0.137. The minimum Gasteiger partial charge on any atom is -0.497 e. The fraction of sp³-hybridized carbons (Fsp3) is 0.150. The van der Waals surface area contributed by atoms with Crippen LogP contribution in [-0.2, 0) is 4.79 Å². The second-order valence-corrected chi connectivity index (χ2v) is 6.66. The predicted octanol–water partition coefficient (Wildman–Crippen LogP) is 3.76. The van der Waals surface area contributed by atoms with Crippen molar-refractivity contribution in [3.05, 3.63) is 71.2 Å². The number of benzene rings is 2. The van der Waals surface area contributed by atoms with Crippen LogP contribution in [0.5, 0.6) is 5.75 Å². The minimum absolute atomic E-state index is 0.228. The van der Waals surface area contributed by atoms with Crippen molar-refractivity contribution in [2.75, 3.05) is 7.11 Å². The number of aromatic nitrogens is 1. The number of amides is 1. The number of nitrogens with one attached hydrogen (secondary N) is 1. The number of carboxylic acid groups (broad SMARTS) is 1. The highest BCUT2D eigenvalue weighted by Crippen LogP contribution is 2.25. The van der Waals surface area contributed by atoms with Crippen molar-refractivity contribution in [1.29, 1.82) is 0 Å². The number of hydrogen-bond acceptors (Lipinski definition) is 5. The van der Waals surface area contributed by atoms with E-state index in [2.05, 4.69) is 10.3 Å². The maximum atomic E-state index is 12.6. The second-order valence-electron chi connectivity index (χ2n) is 5.80. The van der Waals surface area contributed by atoms with E-state index < -0.39 is 17.9 Å². The first-order chi connectivity index (χ1) is 13.1. The van der Waals surface area contributed by atoms with Gasteiger partial charge >= 0.3 is 5.97 Å². The molecule has 1 aromatic heterocycles. The number of aliphatic carboxylic acids is 1. The van der Waals surface area contributed by atoms with E-state index in [9.17, 15) is 14.7 Å². The number of rotatable bonds is 7. The van der Waals surface area contributed by atoms with Gasteiger partial charge in [0.1, 0.15) is 16.5 Å². The summed E-state index contributed by atoms with van der Waals surface area (Å²) in [6, 6.07) is 15.8. The van der Waals surface area contributed by atoms with Crippen LogP contribution >= 0.6 is 11.3 Å². The first-order valence-electron chi connectivity index (χ1n) is 8.24. The topological polar surface area (TPSA) is 88.5 Å². The van der Waals surface area contributed by atoms with Crippen molar-refractivity contribution in [2.24, 2.45) is 0 Å². The third kappa shape index (κ3) is 4.71. The molecule has 1 amide bonds. The Labute approximate surface area is 160 Å². The minimum atomic E-state index is -1.00. The molecule has 2 aromatic carbocycles. The van der Waals surface area contributed by atoms with Gasteiger partial charge < -0.3 is 15.2 Å². The van der Waals surface area contributed by atoms with Gasteiger partial charge in [-0.25, -0.2) is 4.98 Å². The molecule has 138 valence electrons. The van der Waals surface area contributed by atoms with Gasteiger partial charge in [-0.05, 0) is 17.7 Å². The average Bonchev–Trinajstić information content (AvgIpc) is 3.18. The fourth-order valence-electron chi connectivity index (χ4n) is 2.59. The Morgan fingerprint density at radius 1 is 1.15 bits per heavy atom. The first-order valence-corrected chi connectivity index (χ1v) is 9.12. The van der Waals surface area contributed by atoms with E-state index in [1.165, 1.54) is 11.3 Å². The Kier molecular flexibility index (Phi) is 5.83. The smallest absolute Gasteiger partial charge is 0.305 e. The summed E-state index contributed by atoms with van der Waals surface area (Å²) in [5, 5.41) is 14.4. The summed E-state index contributed by atoms with van der Waals surface area (Å²) >= 11 is 1.37. The van der Waals surface area contributed by atoms with Crippen molar-refractivity contribution in [1.82, 2.24) is 10.3 Å². The molecule has 0 fully saturated rings. The van der Waals surface area contributed by atoms with Gasteiger partial charge in [-0.3, -0.25) is 9.59 Å². The SMILES string of the molecule is COc1ccc(C(CC(=O)O)NC(=O)c2csc(-c3ccccc3)n2)cc1. The number of thiazole rings is 1. The molecule has 0 bridgehead atoms. The van der Waals surface area contributed by atoms with Gasteiger partial charge in [0.2, 0.25) is 0 Å². The molecule has 1 unspecified atom stereocenters. The highest BCUT2D eigenvalue weighted by molar-refractivity contribution is 7.13. The van der Waals surface area contributed by atoms with Gasteiger partial charge in [0.25, 0.3) is 5.91 Å². The van der Waals surface area contributed by atoms with Crippen LogP contribution in [0.4, 0.5) is 0 Å². The number of ether oxygens (including phenoxy) is 1. The molecule has 0 aliphatic carbocycles. The number of nitrogens with zero attached hydrogens (tertiary/aromatic N) is 1. The molecule has 0 saturated carbocycles. The molecule has 0 saturated heterocycles. The van der Waals surface area contributed by atoms with Crippen LogP contribution in [0.1, 0.15) is 28.5 Å². The highest BCUT2D eigenvalue weighted by Gasteiger charge is 2.21. The summed E-state index contributed by atoms with van der Waals surface area (Å²) < 4.78 is 5.11. The number of carbonyl (C=O) groups is 2. The van der Waals surface area contributed by atoms with Crippen LogP contribution in [0.25, 0.3) is 10.6 Å². The summed E-state index contributed by atoms with van der Waals surface area (Å²) in [6.07, 6.45) is -0.228. The van der Waals surface area contributed by atoms with Crippen molar-refractivity contribution in [2.45, 2.75) is 12.5 Å². The molecule has 0 spiro atoms. The largest absolute Gasteiger partial charge is 0.497 e. The summed E-state index contributed by atoms with van der Waals surface area (Å²) in [7, 11) is 1.55. The Morgan fingerprint density at radius 3 is 2.48 bits per heavy atom. The monoisotopic (exact) mass is 382 g/mol. The predicted molar refractivity (Wildman–Crippen MR) is 103 cm³/mol. The molecule has 1 atom stereocenters. The lowest BCUT2D eigenvalue weighted by Gasteiger charge is -2.17. The Balaban J connectivity index is 1.78. The highest BCUT2D eigenvalue weighted by atomic mass is 32.1. The summed E-state index contributed by atoms with van der Waals surface area (Å²) in [4.78, 5) is 28.2. The van der Waals surface area contributed by atoms with E-state index in [-0.39, 0.29) is 12.1 Å². The third-order valence-corrected chi connectivity index (χ3v) is 4.85. The molecule has 3 rings (SSSR count). The zero-order valence-corrected chi connectivity index (χ0v) is 15.4. The second kappa shape index (κ2) is 8.46. The Morgan fingerprint density at radius 2 is 1.85 bits per heavy atom. The first kappa shape index (κ1) is 18.6. The van der Waals surface area contributed by atoms with Gasteiger partial charge in [0, 0.05) is 10.9 Å². The van der Waals surface area contributed by atoms with Crippen LogP contribution in [0.3, 0.4) is 0 Å². The lowest BCUT2D eigenvalue weighted by atomic mass is 10.0. The zero-order chi connectivity index (χ0) is 19.2.